The van der Waals surface area contributed by atoms with Gasteiger partial charge in [0.2, 0.25) is 5.91 Å². The maximum absolute atomic E-state index is 12.1. The molecule has 5 heteroatoms. The predicted octanol–water partition coefficient (Wildman–Crippen LogP) is 3.22. The molecule has 2 aromatic rings. The van der Waals surface area contributed by atoms with Gasteiger partial charge in [0.25, 0.3) is 0 Å². The van der Waals surface area contributed by atoms with Crippen molar-refractivity contribution >= 4 is 17.6 Å². The van der Waals surface area contributed by atoms with Gasteiger partial charge >= 0.3 is 5.97 Å². The highest BCUT2D eigenvalue weighted by atomic mass is 16.4. The second kappa shape index (κ2) is 7.47. The first kappa shape index (κ1) is 17.1. The van der Waals surface area contributed by atoms with Gasteiger partial charge in [-0.15, -0.1) is 0 Å². The average Bonchev–Trinajstić information content (AvgIpc) is 2.51. The number of benzene rings is 1. The van der Waals surface area contributed by atoms with Gasteiger partial charge in [0.15, 0.2) is 0 Å². The van der Waals surface area contributed by atoms with Gasteiger partial charge < -0.3 is 10.4 Å². The smallest absolute Gasteiger partial charge is 0.306 e. The number of carboxylic acids is 1. The summed E-state index contributed by atoms with van der Waals surface area (Å²) in [5, 5.41) is 11.8. The van der Waals surface area contributed by atoms with E-state index in [1.807, 2.05) is 43.3 Å². The van der Waals surface area contributed by atoms with Crippen LogP contribution in [0.1, 0.15) is 29.7 Å². The minimum absolute atomic E-state index is 0.0663. The second-order valence-corrected chi connectivity index (χ2v) is 6.83. The van der Waals surface area contributed by atoms with Crippen molar-refractivity contribution in [3.05, 3.63) is 59.4 Å². The third-order valence-corrected chi connectivity index (χ3v) is 4.64. The van der Waals surface area contributed by atoms with Crippen molar-refractivity contribution in [3.8, 4) is 0 Å². The molecule has 1 aromatic carbocycles. The Morgan fingerprint density at radius 3 is 2.68 bits per heavy atom. The van der Waals surface area contributed by atoms with Crippen LogP contribution in [0.5, 0.6) is 0 Å². The molecule has 0 unspecified atom stereocenters. The van der Waals surface area contributed by atoms with Crippen LogP contribution in [0.2, 0.25) is 0 Å². The van der Waals surface area contributed by atoms with Gasteiger partial charge in [-0.1, -0.05) is 29.8 Å². The van der Waals surface area contributed by atoms with Gasteiger partial charge in [-0.25, -0.2) is 0 Å². The summed E-state index contributed by atoms with van der Waals surface area (Å²) in [7, 11) is 0. The number of aryl methyl sites for hydroxylation is 1. The van der Waals surface area contributed by atoms with Crippen molar-refractivity contribution < 1.29 is 14.7 Å². The van der Waals surface area contributed by atoms with E-state index in [4.69, 9.17) is 5.11 Å². The molecule has 1 aromatic heterocycles. The standard InChI is InChI=1S/C20H22N2O3/c1-13-3-2-4-14(7-13)11-19(23)22-18-6-5-17(21-12-18)10-15-8-16(9-15)20(24)25/h2-7,12,15-16H,8-11H2,1H3,(H,22,23)(H,24,25). The number of anilines is 1. The number of carboxylic acid groups (broad SMARTS) is 1. The van der Waals surface area contributed by atoms with Crippen LogP contribution >= 0.6 is 0 Å². The Kier molecular flexibility index (Phi) is 5.12. The summed E-state index contributed by atoms with van der Waals surface area (Å²) in [6, 6.07) is 11.6. The largest absolute Gasteiger partial charge is 0.481 e. The van der Waals surface area contributed by atoms with E-state index in [-0.39, 0.29) is 11.8 Å². The zero-order valence-electron chi connectivity index (χ0n) is 14.2. The maximum atomic E-state index is 12.1. The fraction of sp³-hybridized carbons (Fsp3) is 0.350. The highest BCUT2D eigenvalue weighted by molar-refractivity contribution is 5.92. The molecule has 130 valence electrons. The molecule has 0 spiro atoms. The van der Waals surface area contributed by atoms with E-state index >= 15 is 0 Å². The van der Waals surface area contributed by atoms with E-state index in [1.54, 1.807) is 6.20 Å². The molecule has 5 nitrogen and oxygen atoms in total. The number of carbonyl (C=O) groups excluding carboxylic acids is 1. The van der Waals surface area contributed by atoms with Gasteiger partial charge in [0.1, 0.15) is 0 Å². The van der Waals surface area contributed by atoms with Crippen molar-refractivity contribution in [1.82, 2.24) is 4.98 Å². The van der Waals surface area contributed by atoms with Crippen molar-refractivity contribution in [2.24, 2.45) is 11.8 Å². The summed E-state index contributed by atoms with van der Waals surface area (Å²) in [6.07, 6.45) is 4.25. The zero-order valence-corrected chi connectivity index (χ0v) is 14.2. The SMILES string of the molecule is Cc1cccc(CC(=O)Nc2ccc(CC3CC(C(=O)O)C3)nc2)c1. The maximum Gasteiger partial charge on any atom is 0.306 e. The number of nitrogens with one attached hydrogen (secondary N) is 1. The number of nitrogens with zero attached hydrogens (tertiary/aromatic N) is 1. The van der Waals surface area contributed by atoms with E-state index in [9.17, 15) is 9.59 Å². The molecule has 0 aliphatic heterocycles. The van der Waals surface area contributed by atoms with Gasteiger partial charge in [-0.05, 0) is 49.8 Å². The Balaban J connectivity index is 1.49. The molecule has 0 atom stereocenters. The van der Waals surface area contributed by atoms with E-state index < -0.39 is 5.97 Å². The third-order valence-electron chi connectivity index (χ3n) is 4.64. The number of rotatable bonds is 6. The summed E-state index contributed by atoms with van der Waals surface area (Å²) in [5.41, 5.74) is 3.74. The lowest BCUT2D eigenvalue weighted by Crippen LogP contribution is -2.31. The molecule has 0 saturated heterocycles. The summed E-state index contributed by atoms with van der Waals surface area (Å²) in [6.45, 7) is 2.00. The lowest BCUT2D eigenvalue weighted by molar-refractivity contribution is -0.146. The fourth-order valence-corrected chi connectivity index (χ4v) is 3.23. The van der Waals surface area contributed by atoms with Crippen LogP contribution in [0.15, 0.2) is 42.6 Å². The van der Waals surface area contributed by atoms with Crippen molar-refractivity contribution in [3.63, 3.8) is 0 Å². The summed E-state index contributed by atoms with van der Waals surface area (Å²) < 4.78 is 0. The third kappa shape index (κ3) is 4.66. The summed E-state index contributed by atoms with van der Waals surface area (Å²) in [4.78, 5) is 27.3. The molecule has 0 bridgehead atoms. The molecule has 1 amide bonds. The minimum atomic E-state index is -0.698. The number of pyridine rings is 1. The van der Waals surface area contributed by atoms with Crippen LogP contribution in [0, 0.1) is 18.8 Å². The molecular weight excluding hydrogens is 316 g/mol. The molecule has 1 saturated carbocycles. The van der Waals surface area contributed by atoms with Crippen LogP contribution in [-0.2, 0) is 22.4 Å². The lowest BCUT2D eigenvalue weighted by atomic mass is 9.73. The molecule has 1 fully saturated rings. The van der Waals surface area contributed by atoms with Crippen molar-refractivity contribution in [2.75, 3.05) is 5.32 Å². The molecule has 2 N–H and O–H groups in total. The first-order chi connectivity index (χ1) is 12.0. The fourth-order valence-electron chi connectivity index (χ4n) is 3.23. The van der Waals surface area contributed by atoms with Gasteiger partial charge in [0.05, 0.1) is 24.2 Å². The lowest BCUT2D eigenvalue weighted by Gasteiger charge is -2.32. The number of carbonyl (C=O) groups is 2. The zero-order chi connectivity index (χ0) is 17.8. The monoisotopic (exact) mass is 338 g/mol. The quantitative estimate of drug-likeness (QED) is 0.847. The van der Waals surface area contributed by atoms with Crippen LogP contribution in [0.4, 0.5) is 5.69 Å². The molecule has 3 rings (SSSR count). The Morgan fingerprint density at radius 1 is 1.24 bits per heavy atom. The average molecular weight is 338 g/mol. The van der Waals surface area contributed by atoms with Crippen LogP contribution in [-0.4, -0.2) is 22.0 Å². The van der Waals surface area contributed by atoms with Gasteiger partial charge in [0, 0.05) is 5.69 Å². The molecular formula is C20H22N2O3. The molecule has 25 heavy (non-hydrogen) atoms. The molecule has 0 radical (unpaired) electrons. The minimum Gasteiger partial charge on any atom is -0.481 e. The second-order valence-electron chi connectivity index (χ2n) is 6.83. The first-order valence-electron chi connectivity index (χ1n) is 8.52. The normalized spacial score (nSPS) is 19.1. The van der Waals surface area contributed by atoms with Crippen molar-refractivity contribution in [2.45, 2.75) is 32.6 Å². The Morgan fingerprint density at radius 2 is 2.04 bits per heavy atom. The number of hydrogen-bond acceptors (Lipinski definition) is 3. The predicted molar refractivity (Wildman–Crippen MR) is 95.3 cm³/mol. The van der Waals surface area contributed by atoms with E-state index in [2.05, 4.69) is 10.3 Å². The van der Waals surface area contributed by atoms with E-state index in [1.165, 1.54) is 0 Å². The summed E-state index contributed by atoms with van der Waals surface area (Å²) >= 11 is 0. The van der Waals surface area contributed by atoms with Crippen LogP contribution in [0.3, 0.4) is 0 Å². The molecule has 1 heterocycles. The number of hydrogen-bond donors (Lipinski definition) is 2. The number of amides is 1. The topological polar surface area (TPSA) is 79.3 Å². The Bertz CT molecular complexity index is 765. The highest BCUT2D eigenvalue weighted by Gasteiger charge is 2.34. The van der Waals surface area contributed by atoms with Crippen LogP contribution < -0.4 is 5.32 Å². The summed E-state index contributed by atoms with van der Waals surface area (Å²) in [5.74, 6) is -0.556. The Hall–Kier alpha value is -2.69. The van der Waals surface area contributed by atoms with Crippen LogP contribution in [0.25, 0.3) is 0 Å². The first-order valence-corrected chi connectivity index (χ1v) is 8.52. The Labute approximate surface area is 147 Å². The van der Waals surface area contributed by atoms with Gasteiger partial charge in [-0.2, -0.15) is 0 Å². The van der Waals surface area contributed by atoms with E-state index in [0.29, 0.717) is 18.0 Å². The number of aliphatic carboxylic acids is 1. The van der Waals surface area contributed by atoms with Crippen molar-refractivity contribution in [1.29, 1.82) is 0 Å². The molecule has 1 aliphatic carbocycles. The van der Waals surface area contributed by atoms with Gasteiger partial charge in [-0.3, -0.25) is 14.6 Å². The molecule has 1 aliphatic rings. The highest BCUT2D eigenvalue weighted by Crippen LogP contribution is 2.35. The van der Waals surface area contributed by atoms with E-state index in [0.717, 1.165) is 36.1 Å². The number of aromatic nitrogens is 1.